The normalized spacial score (nSPS) is 15.3. The van der Waals surface area contributed by atoms with Crippen molar-refractivity contribution in [2.24, 2.45) is 5.92 Å². The Kier molecular flexibility index (Phi) is 8.06. The zero-order valence-corrected chi connectivity index (χ0v) is 18.7. The van der Waals surface area contributed by atoms with Gasteiger partial charge in [0.1, 0.15) is 6.17 Å². The fourth-order valence-corrected chi connectivity index (χ4v) is 3.72. The summed E-state index contributed by atoms with van der Waals surface area (Å²) >= 11 is 0. The molecule has 6 nitrogen and oxygen atoms in total. The third kappa shape index (κ3) is 5.85. The van der Waals surface area contributed by atoms with Gasteiger partial charge >= 0.3 is 0 Å². The second-order valence-electron chi connectivity index (χ2n) is 8.20. The number of nitrogens with one attached hydrogen (secondary N) is 2. The fourth-order valence-electron chi connectivity index (χ4n) is 3.72. The van der Waals surface area contributed by atoms with E-state index in [0.29, 0.717) is 37.8 Å². The van der Waals surface area contributed by atoms with E-state index < -0.39 is 0 Å². The largest absolute Gasteiger partial charge is 0.382 e. The summed E-state index contributed by atoms with van der Waals surface area (Å²) < 4.78 is 5.45. The zero-order chi connectivity index (χ0) is 22.2. The summed E-state index contributed by atoms with van der Waals surface area (Å²) in [4.78, 5) is 27.4. The number of fused-ring (bicyclic) bond motifs is 1. The van der Waals surface area contributed by atoms with Gasteiger partial charge < -0.3 is 20.3 Å². The minimum absolute atomic E-state index is 0.0205. The molecule has 0 fully saturated rings. The van der Waals surface area contributed by atoms with Gasteiger partial charge in [0.2, 0.25) is 0 Å². The first kappa shape index (κ1) is 22.8. The number of hydrogen-bond acceptors (Lipinski definition) is 4. The lowest BCUT2D eigenvalue weighted by Crippen LogP contribution is -2.33. The molecular weight excluding hydrogens is 390 g/mol. The Bertz CT molecular complexity index is 897. The number of rotatable bonds is 11. The first-order chi connectivity index (χ1) is 15.0. The number of nitrogens with zero attached hydrogens (tertiary/aromatic N) is 1. The molecule has 2 amide bonds. The molecule has 0 saturated heterocycles. The monoisotopic (exact) mass is 423 g/mol. The standard InChI is InChI=1S/C25H33N3O3/c1-4-31-16-8-15-28-23(21-11-5-6-12-22(21)25(28)30)27-20-10-7-9-19(17-20)24(29)26-14-13-18(2)3/h5-7,9-12,17-18,23,27H,4,8,13-16H2,1-3H3,(H,26,29). The van der Waals surface area contributed by atoms with E-state index in [1.165, 1.54) is 0 Å². The molecule has 0 spiro atoms. The molecule has 0 radical (unpaired) electrons. The Hall–Kier alpha value is -2.86. The lowest BCUT2D eigenvalue weighted by atomic mass is 10.1. The van der Waals surface area contributed by atoms with Gasteiger partial charge in [-0.15, -0.1) is 0 Å². The summed E-state index contributed by atoms with van der Waals surface area (Å²) in [5.74, 6) is 0.481. The van der Waals surface area contributed by atoms with E-state index in [-0.39, 0.29) is 18.0 Å². The molecule has 0 aromatic heterocycles. The van der Waals surface area contributed by atoms with Crippen LogP contribution in [0, 0.1) is 5.92 Å². The van der Waals surface area contributed by atoms with Crippen molar-refractivity contribution in [1.29, 1.82) is 0 Å². The van der Waals surface area contributed by atoms with Crippen LogP contribution < -0.4 is 10.6 Å². The fraction of sp³-hybridized carbons (Fsp3) is 0.440. The van der Waals surface area contributed by atoms with Crippen LogP contribution in [0.4, 0.5) is 5.69 Å². The van der Waals surface area contributed by atoms with Gasteiger partial charge in [0.25, 0.3) is 11.8 Å². The Morgan fingerprint density at radius 3 is 2.74 bits per heavy atom. The van der Waals surface area contributed by atoms with Gasteiger partial charge in [0, 0.05) is 48.7 Å². The Labute approximate surface area is 185 Å². The predicted molar refractivity (Wildman–Crippen MR) is 123 cm³/mol. The number of amides is 2. The molecule has 1 aliphatic rings. The second-order valence-corrected chi connectivity index (χ2v) is 8.20. The zero-order valence-electron chi connectivity index (χ0n) is 18.7. The van der Waals surface area contributed by atoms with Crippen molar-refractivity contribution >= 4 is 17.5 Å². The summed E-state index contributed by atoms with van der Waals surface area (Å²) in [6.07, 6.45) is 1.44. The molecule has 1 aliphatic heterocycles. The van der Waals surface area contributed by atoms with Crippen molar-refractivity contribution in [3.63, 3.8) is 0 Å². The van der Waals surface area contributed by atoms with Crippen molar-refractivity contribution in [1.82, 2.24) is 10.2 Å². The SMILES string of the molecule is CCOCCCN1C(=O)c2ccccc2C1Nc1cccc(C(=O)NCCC(C)C)c1. The van der Waals surface area contributed by atoms with E-state index in [9.17, 15) is 9.59 Å². The average Bonchev–Trinajstić information content (AvgIpc) is 3.02. The van der Waals surface area contributed by atoms with Gasteiger partial charge in [-0.1, -0.05) is 38.1 Å². The van der Waals surface area contributed by atoms with Crippen molar-refractivity contribution < 1.29 is 14.3 Å². The van der Waals surface area contributed by atoms with Gasteiger partial charge in [0.05, 0.1) is 0 Å². The van der Waals surface area contributed by atoms with Gasteiger partial charge in [-0.2, -0.15) is 0 Å². The first-order valence-corrected chi connectivity index (χ1v) is 11.1. The highest BCUT2D eigenvalue weighted by Crippen LogP contribution is 2.34. The van der Waals surface area contributed by atoms with Crippen LogP contribution in [0.5, 0.6) is 0 Å². The molecule has 31 heavy (non-hydrogen) atoms. The van der Waals surface area contributed by atoms with E-state index in [2.05, 4.69) is 24.5 Å². The van der Waals surface area contributed by atoms with Gasteiger partial charge in [-0.25, -0.2) is 0 Å². The number of anilines is 1. The van der Waals surface area contributed by atoms with Crippen LogP contribution in [-0.4, -0.2) is 43.0 Å². The predicted octanol–water partition coefficient (Wildman–Crippen LogP) is 4.46. The molecule has 3 rings (SSSR count). The number of ether oxygens (including phenoxy) is 1. The smallest absolute Gasteiger partial charge is 0.256 e. The van der Waals surface area contributed by atoms with Crippen LogP contribution in [-0.2, 0) is 4.74 Å². The molecule has 1 unspecified atom stereocenters. The number of benzene rings is 2. The minimum atomic E-state index is -0.274. The molecule has 1 heterocycles. The molecule has 0 bridgehead atoms. The summed E-state index contributed by atoms with van der Waals surface area (Å²) in [6.45, 7) is 8.78. The van der Waals surface area contributed by atoms with E-state index in [0.717, 1.165) is 29.7 Å². The first-order valence-electron chi connectivity index (χ1n) is 11.1. The molecule has 2 N–H and O–H groups in total. The topological polar surface area (TPSA) is 70.7 Å². The highest BCUT2D eigenvalue weighted by molar-refractivity contribution is 5.99. The molecule has 1 atom stereocenters. The van der Waals surface area contributed by atoms with Crippen LogP contribution in [0.25, 0.3) is 0 Å². The number of carbonyl (C=O) groups is 2. The molecular formula is C25H33N3O3. The maximum absolute atomic E-state index is 13.0. The van der Waals surface area contributed by atoms with Crippen LogP contribution >= 0.6 is 0 Å². The van der Waals surface area contributed by atoms with E-state index in [4.69, 9.17) is 4.74 Å². The quantitative estimate of drug-likeness (QED) is 0.524. The highest BCUT2D eigenvalue weighted by atomic mass is 16.5. The summed E-state index contributed by atoms with van der Waals surface area (Å²) in [7, 11) is 0. The minimum Gasteiger partial charge on any atom is -0.382 e. The van der Waals surface area contributed by atoms with Crippen LogP contribution in [0.15, 0.2) is 48.5 Å². The van der Waals surface area contributed by atoms with Crippen molar-refractivity contribution in [2.45, 2.75) is 39.8 Å². The van der Waals surface area contributed by atoms with Crippen LogP contribution in [0.3, 0.4) is 0 Å². The van der Waals surface area contributed by atoms with Crippen molar-refractivity contribution in [3.8, 4) is 0 Å². The van der Waals surface area contributed by atoms with Crippen LogP contribution in [0.2, 0.25) is 0 Å². The van der Waals surface area contributed by atoms with Crippen molar-refractivity contribution in [3.05, 3.63) is 65.2 Å². The lowest BCUT2D eigenvalue weighted by Gasteiger charge is -2.27. The van der Waals surface area contributed by atoms with E-state index >= 15 is 0 Å². The molecule has 166 valence electrons. The molecule has 2 aromatic rings. The molecule has 0 aliphatic carbocycles. The Morgan fingerprint density at radius 2 is 1.97 bits per heavy atom. The molecule has 2 aromatic carbocycles. The average molecular weight is 424 g/mol. The van der Waals surface area contributed by atoms with Gasteiger partial charge in [-0.3, -0.25) is 9.59 Å². The third-order valence-corrected chi connectivity index (χ3v) is 5.39. The summed E-state index contributed by atoms with van der Waals surface area (Å²) in [5, 5.41) is 6.45. The summed E-state index contributed by atoms with van der Waals surface area (Å²) in [6, 6.07) is 15.1. The van der Waals surface area contributed by atoms with E-state index in [1.807, 2.05) is 60.4 Å². The van der Waals surface area contributed by atoms with Gasteiger partial charge in [0.15, 0.2) is 0 Å². The second kappa shape index (κ2) is 11.0. The lowest BCUT2D eigenvalue weighted by molar-refractivity contribution is 0.0708. The van der Waals surface area contributed by atoms with Crippen LogP contribution in [0.1, 0.15) is 66.1 Å². The van der Waals surface area contributed by atoms with Gasteiger partial charge in [-0.05, 0) is 49.9 Å². The number of hydrogen-bond donors (Lipinski definition) is 2. The number of carbonyl (C=O) groups excluding carboxylic acids is 2. The maximum Gasteiger partial charge on any atom is 0.256 e. The third-order valence-electron chi connectivity index (χ3n) is 5.39. The molecule has 0 saturated carbocycles. The highest BCUT2D eigenvalue weighted by Gasteiger charge is 2.36. The Balaban J connectivity index is 1.74. The summed E-state index contributed by atoms with van der Waals surface area (Å²) in [5.41, 5.74) is 3.09. The molecule has 6 heteroatoms. The maximum atomic E-state index is 13.0. The van der Waals surface area contributed by atoms with Crippen molar-refractivity contribution in [2.75, 3.05) is 31.6 Å². The Morgan fingerprint density at radius 1 is 1.16 bits per heavy atom. The van der Waals surface area contributed by atoms with E-state index in [1.54, 1.807) is 0 Å².